The fraction of sp³-hybridized carbons (Fsp3) is 0.625. The predicted octanol–water partition coefficient (Wildman–Crippen LogP) is 2.53. The molecule has 1 aromatic rings. The van der Waals surface area contributed by atoms with Gasteiger partial charge in [0.15, 0.2) is 0 Å². The highest BCUT2D eigenvalue weighted by Gasteiger charge is 2.08. The lowest BCUT2D eigenvalue weighted by molar-refractivity contribution is 0.134. The molecule has 0 aliphatic rings. The zero-order valence-electron chi connectivity index (χ0n) is 13.1. The van der Waals surface area contributed by atoms with Crippen LogP contribution >= 0.6 is 0 Å². The zero-order valence-corrected chi connectivity index (χ0v) is 13.1. The van der Waals surface area contributed by atoms with Crippen molar-refractivity contribution in [1.29, 1.82) is 0 Å². The Morgan fingerprint density at radius 2 is 1.90 bits per heavy atom. The lowest BCUT2D eigenvalue weighted by Crippen LogP contribution is -2.20. The van der Waals surface area contributed by atoms with Gasteiger partial charge in [0.1, 0.15) is 5.75 Å². The van der Waals surface area contributed by atoms with Gasteiger partial charge in [-0.3, -0.25) is 0 Å². The van der Waals surface area contributed by atoms with Gasteiger partial charge in [0, 0.05) is 45.9 Å². The molecule has 0 radical (unpaired) electrons. The summed E-state index contributed by atoms with van der Waals surface area (Å²) in [5, 5.41) is 3.36. The van der Waals surface area contributed by atoms with Crippen LogP contribution in [-0.2, 0) is 16.0 Å². The van der Waals surface area contributed by atoms with Gasteiger partial charge in [0.25, 0.3) is 0 Å². The fourth-order valence-corrected chi connectivity index (χ4v) is 1.92. The van der Waals surface area contributed by atoms with Gasteiger partial charge in [-0.2, -0.15) is 0 Å². The number of rotatable bonds is 10. The molecule has 20 heavy (non-hydrogen) atoms. The molecule has 0 saturated heterocycles. The molecule has 1 rings (SSSR count). The summed E-state index contributed by atoms with van der Waals surface area (Å²) in [6.45, 7) is 7.22. The summed E-state index contributed by atoms with van der Waals surface area (Å²) in [4.78, 5) is 0. The van der Waals surface area contributed by atoms with Gasteiger partial charge in [-0.1, -0.05) is 17.7 Å². The molecule has 1 unspecified atom stereocenters. The maximum Gasteiger partial charge on any atom is 0.124 e. The Hall–Kier alpha value is -1.10. The van der Waals surface area contributed by atoms with Gasteiger partial charge in [0.2, 0.25) is 0 Å². The minimum atomic E-state index is 0.149. The van der Waals surface area contributed by atoms with Crippen molar-refractivity contribution in [2.75, 3.05) is 34.0 Å². The lowest BCUT2D eigenvalue weighted by atomic mass is 10.1. The zero-order chi connectivity index (χ0) is 14.8. The summed E-state index contributed by atoms with van der Waals surface area (Å²) in [6, 6.07) is 6.29. The minimum absolute atomic E-state index is 0.149. The van der Waals surface area contributed by atoms with Crippen molar-refractivity contribution in [2.45, 2.75) is 32.9 Å². The molecular weight excluding hydrogens is 254 g/mol. The first-order valence-electron chi connectivity index (χ1n) is 7.12. The Labute approximate surface area is 122 Å². The van der Waals surface area contributed by atoms with E-state index in [1.54, 1.807) is 14.2 Å². The molecule has 4 heteroatoms. The molecule has 1 atom stereocenters. The minimum Gasteiger partial charge on any atom is -0.490 e. The van der Waals surface area contributed by atoms with Gasteiger partial charge in [-0.05, 0) is 19.9 Å². The highest BCUT2D eigenvalue weighted by molar-refractivity contribution is 5.37. The van der Waals surface area contributed by atoms with E-state index in [1.165, 1.54) is 11.1 Å². The highest BCUT2D eigenvalue weighted by Crippen LogP contribution is 2.22. The third-order valence-electron chi connectivity index (χ3n) is 3.07. The molecule has 0 aromatic heterocycles. The summed E-state index contributed by atoms with van der Waals surface area (Å²) >= 11 is 0. The molecule has 1 aromatic carbocycles. The van der Waals surface area contributed by atoms with Crippen LogP contribution in [0.3, 0.4) is 0 Å². The van der Waals surface area contributed by atoms with Gasteiger partial charge in [-0.25, -0.2) is 0 Å². The second kappa shape index (κ2) is 9.75. The molecule has 0 spiro atoms. The Morgan fingerprint density at radius 3 is 2.60 bits per heavy atom. The Morgan fingerprint density at radius 1 is 1.15 bits per heavy atom. The topological polar surface area (TPSA) is 39.7 Å². The normalized spacial score (nSPS) is 12.4. The molecular formula is C16H27NO3. The molecule has 0 fully saturated rings. The average Bonchev–Trinajstić information content (AvgIpc) is 2.44. The van der Waals surface area contributed by atoms with Gasteiger partial charge in [-0.15, -0.1) is 0 Å². The second-order valence-corrected chi connectivity index (χ2v) is 4.99. The summed E-state index contributed by atoms with van der Waals surface area (Å²) in [7, 11) is 3.42. The van der Waals surface area contributed by atoms with Crippen molar-refractivity contribution in [3.63, 3.8) is 0 Å². The first-order chi connectivity index (χ1) is 9.67. The van der Waals surface area contributed by atoms with Crippen molar-refractivity contribution in [2.24, 2.45) is 0 Å². The molecule has 0 aliphatic heterocycles. The van der Waals surface area contributed by atoms with Crippen LogP contribution in [0.1, 0.15) is 24.5 Å². The van der Waals surface area contributed by atoms with Gasteiger partial charge >= 0.3 is 0 Å². The second-order valence-electron chi connectivity index (χ2n) is 4.99. The first kappa shape index (κ1) is 17.0. The monoisotopic (exact) mass is 281 g/mol. The quantitative estimate of drug-likeness (QED) is 0.669. The maximum atomic E-state index is 6.01. The number of methoxy groups -OCH3 is 2. The molecule has 0 amide bonds. The standard InChI is InChI=1S/C16H27NO3/c1-13-5-6-16(20-14(2)7-9-18-3)15(11-13)12-17-8-10-19-4/h5-6,11,14,17H,7-10,12H2,1-4H3. The van der Waals surface area contributed by atoms with Crippen molar-refractivity contribution in [3.8, 4) is 5.75 Å². The number of ether oxygens (including phenoxy) is 3. The summed E-state index contributed by atoms with van der Waals surface area (Å²) in [6.07, 6.45) is 1.04. The van der Waals surface area contributed by atoms with Crippen molar-refractivity contribution >= 4 is 0 Å². The predicted molar refractivity (Wildman–Crippen MR) is 81.3 cm³/mol. The van der Waals surface area contributed by atoms with Crippen LogP contribution in [0.2, 0.25) is 0 Å². The van der Waals surface area contributed by atoms with Crippen LogP contribution in [0.4, 0.5) is 0 Å². The Bertz CT molecular complexity index is 382. The maximum absolute atomic E-state index is 6.01. The van der Waals surface area contributed by atoms with Gasteiger partial charge in [0.05, 0.1) is 12.7 Å². The van der Waals surface area contributed by atoms with Crippen molar-refractivity contribution in [1.82, 2.24) is 5.32 Å². The van der Waals surface area contributed by atoms with Crippen LogP contribution in [-0.4, -0.2) is 40.1 Å². The largest absolute Gasteiger partial charge is 0.490 e. The summed E-state index contributed by atoms with van der Waals surface area (Å²) < 4.78 is 16.1. The van der Waals surface area contributed by atoms with E-state index in [0.29, 0.717) is 13.2 Å². The average molecular weight is 281 g/mol. The van der Waals surface area contributed by atoms with Crippen LogP contribution in [0.5, 0.6) is 5.75 Å². The van der Waals surface area contributed by atoms with E-state index < -0.39 is 0 Å². The van der Waals surface area contributed by atoms with E-state index in [1.807, 2.05) is 6.07 Å². The SMILES string of the molecule is COCCNCc1cc(C)ccc1OC(C)CCOC. The molecule has 0 aliphatic carbocycles. The van der Waals surface area contributed by atoms with Crippen LogP contribution in [0, 0.1) is 6.92 Å². The number of hydrogen-bond acceptors (Lipinski definition) is 4. The van der Waals surface area contributed by atoms with E-state index in [4.69, 9.17) is 14.2 Å². The van der Waals surface area contributed by atoms with E-state index in [-0.39, 0.29) is 6.10 Å². The lowest BCUT2D eigenvalue weighted by Gasteiger charge is -2.18. The fourth-order valence-electron chi connectivity index (χ4n) is 1.92. The third kappa shape index (κ3) is 6.37. The molecule has 114 valence electrons. The van der Waals surface area contributed by atoms with E-state index in [9.17, 15) is 0 Å². The third-order valence-corrected chi connectivity index (χ3v) is 3.07. The van der Waals surface area contributed by atoms with Crippen LogP contribution < -0.4 is 10.1 Å². The molecule has 0 bridgehead atoms. The molecule has 0 heterocycles. The first-order valence-corrected chi connectivity index (χ1v) is 7.12. The Balaban J connectivity index is 2.59. The molecule has 1 N–H and O–H groups in total. The van der Waals surface area contributed by atoms with E-state index in [0.717, 1.165) is 25.3 Å². The number of nitrogens with one attached hydrogen (secondary N) is 1. The van der Waals surface area contributed by atoms with Crippen LogP contribution in [0.15, 0.2) is 18.2 Å². The van der Waals surface area contributed by atoms with Gasteiger partial charge < -0.3 is 19.5 Å². The Kier molecular flexibility index (Phi) is 8.26. The van der Waals surface area contributed by atoms with E-state index in [2.05, 4.69) is 31.3 Å². The number of aryl methyl sites for hydroxylation is 1. The van der Waals surface area contributed by atoms with Crippen molar-refractivity contribution in [3.05, 3.63) is 29.3 Å². The smallest absolute Gasteiger partial charge is 0.124 e. The number of benzene rings is 1. The molecule has 4 nitrogen and oxygen atoms in total. The number of hydrogen-bond donors (Lipinski definition) is 1. The highest BCUT2D eigenvalue weighted by atomic mass is 16.5. The van der Waals surface area contributed by atoms with Crippen LogP contribution in [0.25, 0.3) is 0 Å². The summed E-state index contributed by atoms with van der Waals surface area (Å²) in [5.41, 5.74) is 2.43. The molecule has 0 saturated carbocycles. The van der Waals surface area contributed by atoms with Crippen molar-refractivity contribution < 1.29 is 14.2 Å². The summed E-state index contributed by atoms with van der Waals surface area (Å²) in [5.74, 6) is 0.948. The van der Waals surface area contributed by atoms with E-state index >= 15 is 0 Å².